The highest BCUT2D eigenvalue weighted by Gasteiger charge is 2.20. The van der Waals surface area contributed by atoms with Crippen molar-refractivity contribution in [2.45, 2.75) is 13.0 Å². The molecule has 33 heavy (non-hydrogen) atoms. The van der Waals surface area contributed by atoms with Crippen molar-refractivity contribution in [1.29, 1.82) is 0 Å². The Bertz CT molecular complexity index is 1140. The van der Waals surface area contributed by atoms with Crippen LogP contribution in [0.4, 0.5) is 10.2 Å². The molecular weight excluding hydrogens is 466 g/mol. The first-order valence-electron chi connectivity index (χ1n) is 10.3. The maximum Gasteiger partial charge on any atom is 0.253 e. The maximum absolute atomic E-state index is 13.9. The van der Waals surface area contributed by atoms with Crippen LogP contribution in [0, 0.1) is 5.82 Å². The van der Waals surface area contributed by atoms with Crippen molar-refractivity contribution in [1.82, 2.24) is 15.2 Å². The van der Waals surface area contributed by atoms with Crippen molar-refractivity contribution < 1.29 is 13.9 Å². The molecule has 0 radical (unpaired) electrons. The molecule has 1 atom stereocenters. The molecule has 3 aromatic rings. The Balaban J connectivity index is 1.82. The van der Waals surface area contributed by atoms with Crippen LogP contribution in [0.25, 0.3) is 11.1 Å². The van der Waals surface area contributed by atoms with Crippen LogP contribution in [0.1, 0.15) is 28.9 Å². The standard InChI is InChI=1S/C24H25Cl2FN4O2/c1-14(21-18(25)8-9-19(27)22(21)26)33-20-12-17(13-30-23(20)28)15-4-6-16(7-5-15)24(32)31(3)11-10-29-2/h4-9,12-14,29H,10-11H2,1-3H3,(H2,28,30). The average Bonchev–Trinajstić information content (AvgIpc) is 2.81. The maximum atomic E-state index is 13.9. The number of hydrogen-bond donors (Lipinski definition) is 2. The zero-order valence-electron chi connectivity index (χ0n) is 18.5. The number of amides is 1. The number of ether oxygens (including phenoxy) is 1. The van der Waals surface area contributed by atoms with Crippen LogP contribution in [0.5, 0.6) is 5.75 Å². The summed E-state index contributed by atoms with van der Waals surface area (Å²) in [4.78, 5) is 18.4. The molecule has 0 aliphatic carbocycles. The molecular formula is C24H25Cl2FN4O2. The quantitative estimate of drug-likeness (QED) is 0.423. The van der Waals surface area contributed by atoms with Crippen molar-refractivity contribution in [3.63, 3.8) is 0 Å². The second-order valence-electron chi connectivity index (χ2n) is 7.53. The average molecular weight is 491 g/mol. The minimum Gasteiger partial charge on any atom is -0.482 e. The van der Waals surface area contributed by atoms with Gasteiger partial charge in [-0.05, 0) is 49.9 Å². The van der Waals surface area contributed by atoms with Crippen molar-refractivity contribution >= 4 is 34.9 Å². The summed E-state index contributed by atoms with van der Waals surface area (Å²) in [6.07, 6.45) is 0.943. The Morgan fingerprint density at radius 2 is 1.91 bits per heavy atom. The number of benzene rings is 2. The van der Waals surface area contributed by atoms with E-state index < -0.39 is 11.9 Å². The highest BCUT2D eigenvalue weighted by molar-refractivity contribution is 6.36. The number of halogens is 3. The van der Waals surface area contributed by atoms with Crippen LogP contribution in [0.15, 0.2) is 48.7 Å². The zero-order chi connectivity index (χ0) is 24.1. The van der Waals surface area contributed by atoms with Gasteiger partial charge in [0.2, 0.25) is 0 Å². The highest BCUT2D eigenvalue weighted by atomic mass is 35.5. The summed E-state index contributed by atoms with van der Waals surface area (Å²) in [7, 11) is 3.60. The van der Waals surface area contributed by atoms with E-state index in [2.05, 4.69) is 10.3 Å². The number of rotatable bonds is 8. The molecule has 2 aromatic carbocycles. The van der Waals surface area contributed by atoms with E-state index in [1.54, 1.807) is 43.3 Å². The molecule has 0 saturated carbocycles. The van der Waals surface area contributed by atoms with Crippen LogP contribution < -0.4 is 15.8 Å². The van der Waals surface area contributed by atoms with Crippen molar-refractivity contribution in [2.24, 2.45) is 0 Å². The molecule has 1 amide bonds. The summed E-state index contributed by atoms with van der Waals surface area (Å²) < 4.78 is 19.9. The van der Waals surface area contributed by atoms with Gasteiger partial charge in [0.1, 0.15) is 11.9 Å². The van der Waals surface area contributed by atoms with Gasteiger partial charge in [-0.25, -0.2) is 9.37 Å². The van der Waals surface area contributed by atoms with Gasteiger partial charge in [0.05, 0.1) is 5.02 Å². The Morgan fingerprint density at radius 1 is 1.21 bits per heavy atom. The number of likely N-dealkylation sites (N-methyl/N-ethyl adjacent to an activating group) is 2. The second kappa shape index (κ2) is 10.8. The lowest BCUT2D eigenvalue weighted by Crippen LogP contribution is -2.32. The summed E-state index contributed by atoms with van der Waals surface area (Å²) in [5.74, 6) is -0.165. The number of nitrogens with zero attached hydrogens (tertiary/aromatic N) is 2. The first-order valence-corrected chi connectivity index (χ1v) is 11.0. The van der Waals surface area contributed by atoms with Crippen LogP contribution in [0.2, 0.25) is 10.0 Å². The summed E-state index contributed by atoms with van der Waals surface area (Å²) >= 11 is 12.3. The van der Waals surface area contributed by atoms with E-state index in [4.69, 9.17) is 33.7 Å². The van der Waals surface area contributed by atoms with Gasteiger partial charge in [0.15, 0.2) is 11.6 Å². The van der Waals surface area contributed by atoms with Gasteiger partial charge < -0.3 is 20.7 Å². The predicted octanol–water partition coefficient (Wildman–Crippen LogP) is 5.21. The van der Waals surface area contributed by atoms with Gasteiger partial charge in [0.25, 0.3) is 5.91 Å². The smallest absolute Gasteiger partial charge is 0.253 e. The van der Waals surface area contributed by atoms with Gasteiger partial charge in [-0.1, -0.05) is 35.3 Å². The number of carbonyl (C=O) groups is 1. The molecule has 0 spiro atoms. The molecule has 1 aromatic heterocycles. The van der Waals surface area contributed by atoms with E-state index >= 15 is 0 Å². The summed E-state index contributed by atoms with van der Waals surface area (Å²) in [6.45, 7) is 3.02. The summed E-state index contributed by atoms with van der Waals surface area (Å²) in [5.41, 5.74) is 8.49. The fourth-order valence-electron chi connectivity index (χ4n) is 3.28. The van der Waals surface area contributed by atoms with Gasteiger partial charge in [-0.15, -0.1) is 0 Å². The molecule has 0 bridgehead atoms. The lowest BCUT2D eigenvalue weighted by Gasteiger charge is -2.19. The molecule has 3 rings (SSSR count). The number of nitrogens with one attached hydrogen (secondary N) is 1. The van der Waals surface area contributed by atoms with Gasteiger partial charge in [-0.2, -0.15) is 0 Å². The van der Waals surface area contributed by atoms with Crippen molar-refractivity contribution in [3.8, 4) is 16.9 Å². The Morgan fingerprint density at radius 3 is 2.58 bits per heavy atom. The SMILES string of the molecule is CNCCN(C)C(=O)c1ccc(-c2cnc(N)c(OC(C)c3c(Cl)ccc(F)c3Cl)c2)cc1. The number of nitrogen functional groups attached to an aromatic ring is 1. The van der Waals surface area contributed by atoms with Crippen LogP contribution in [-0.4, -0.2) is 43.0 Å². The number of nitrogens with two attached hydrogens (primary N) is 1. The third kappa shape index (κ3) is 5.74. The first-order chi connectivity index (χ1) is 15.7. The molecule has 0 aliphatic heterocycles. The number of carbonyl (C=O) groups excluding carboxylic acids is 1. The normalized spacial score (nSPS) is 11.8. The minimum atomic E-state index is -0.673. The van der Waals surface area contributed by atoms with E-state index in [9.17, 15) is 9.18 Å². The van der Waals surface area contributed by atoms with E-state index in [1.807, 2.05) is 19.2 Å². The number of pyridine rings is 1. The molecule has 6 nitrogen and oxygen atoms in total. The molecule has 3 N–H and O–H groups in total. The monoisotopic (exact) mass is 490 g/mol. The Hall–Kier alpha value is -2.87. The van der Waals surface area contributed by atoms with Crippen LogP contribution in [0.3, 0.4) is 0 Å². The Labute approximate surface area is 202 Å². The van der Waals surface area contributed by atoms with E-state index in [1.165, 1.54) is 12.1 Å². The first kappa shape index (κ1) is 24.8. The lowest BCUT2D eigenvalue weighted by atomic mass is 10.0. The van der Waals surface area contributed by atoms with E-state index in [0.29, 0.717) is 30.0 Å². The van der Waals surface area contributed by atoms with Gasteiger partial charge >= 0.3 is 0 Å². The molecule has 0 aliphatic rings. The summed E-state index contributed by atoms with van der Waals surface area (Å²) in [5, 5.41) is 3.21. The molecule has 0 fully saturated rings. The predicted molar refractivity (Wildman–Crippen MR) is 130 cm³/mol. The molecule has 1 unspecified atom stereocenters. The molecule has 1 heterocycles. The van der Waals surface area contributed by atoms with E-state index in [-0.39, 0.29) is 21.8 Å². The lowest BCUT2D eigenvalue weighted by molar-refractivity contribution is 0.0797. The molecule has 174 valence electrons. The third-order valence-electron chi connectivity index (χ3n) is 5.18. The van der Waals surface area contributed by atoms with E-state index in [0.717, 1.165) is 11.1 Å². The minimum absolute atomic E-state index is 0.0612. The third-order valence-corrected chi connectivity index (χ3v) is 5.89. The number of hydrogen-bond acceptors (Lipinski definition) is 5. The molecule has 9 heteroatoms. The largest absolute Gasteiger partial charge is 0.482 e. The van der Waals surface area contributed by atoms with Gasteiger partial charge in [0, 0.05) is 48.0 Å². The topological polar surface area (TPSA) is 80.5 Å². The fourth-order valence-corrected chi connectivity index (χ4v) is 3.96. The highest BCUT2D eigenvalue weighted by Crippen LogP contribution is 2.37. The molecule has 0 saturated heterocycles. The van der Waals surface area contributed by atoms with Crippen molar-refractivity contribution in [2.75, 3.05) is 32.9 Å². The van der Waals surface area contributed by atoms with Crippen LogP contribution in [-0.2, 0) is 0 Å². The van der Waals surface area contributed by atoms with Crippen molar-refractivity contribution in [3.05, 3.63) is 75.7 Å². The fraction of sp³-hybridized carbons (Fsp3) is 0.250. The van der Waals surface area contributed by atoms with Crippen LogP contribution >= 0.6 is 23.2 Å². The second-order valence-corrected chi connectivity index (χ2v) is 8.32. The van der Waals surface area contributed by atoms with Gasteiger partial charge in [-0.3, -0.25) is 4.79 Å². The Kier molecular flexibility index (Phi) is 8.13. The number of aromatic nitrogens is 1. The summed E-state index contributed by atoms with van der Waals surface area (Å²) in [6, 6.07) is 11.5. The number of anilines is 1. The zero-order valence-corrected chi connectivity index (χ0v) is 20.0.